The Balaban J connectivity index is 1.12. The zero-order chi connectivity index (χ0) is 25.4. The molecule has 1 amide bonds. The van der Waals surface area contributed by atoms with Gasteiger partial charge in [0.25, 0.3) is 0 Å². The first kappa shape index (κ1) is 26.2. The molecule has 2 aromatic rings. The maximum absolute atomic E-state index is 13.0. The predicted octanol–water partition coefficient (Wildman–Crippen LogP) is 6.43. The molecule has 0 N–H and O–H groups in total. The number of amides is 1. The van der Waals surface area contributed by atoms with Crippen molar-refractivity contribution < 1.29 is 22.7 Å². The summed E-state index contributed by atoms with van der Waals surface area (Å²) in [6.45, 7) is 4.46. The van der Waals surface area contributed by atoms with E-state index in [2.05, 4.69) is 9.89 Å². The minimum absolute atomic E-state index is 0.234. The second-order valence-corrected chi connectivity index (χ2v) is 9.76. The van der Waals surface area contributed by atoms with Crippen LogP contribution in [0.25, 0.3) is 0 Å². The predicted molar refractivity (Wildman–Crippen MR) is 135 cm³/mol. The first-order valence-corrected chi connectivity index (χ1v) is 12.8. The molecular weight excluding hydrogens is 467 g/mol. The first-order valence-electron chi connectivity index (χ1n) is 12.8. The molecule has 8 heteroatoms. The number of halogens is 3. The largest absolute Gasteiger partial charge is 0.443 e. The second kappa shape index (κ2) is 12.4. The van der Waals surface area contributed by atoms with Crippen molar-refractivity contribution in [2.75, 3.05) is 37.6 Å². The standard InChI is InChI=1S/C28H34F3N3O2/c29-28(30,31)25-7-4-8-26(19-25)34-17-15-33(16-18-34)14-13-22-9-11-23(12-10-22)20-32-27(35)36-21-24-5-2-1-3-6-24/h1-8,19-20,22-23H,9-18,21H2. The maximum atomic E-state index is 13.0. The van der Waals surface area contributed by atoms with Gasteiger partial charge in [0.15, 0.2) is 0 Å². The molecule has 1 heterocycles. The maximum Gasteiger partial charge on any atom is 0.433 e. The molecule has 2 aromatic carbocycles. The lowest BCUT2D eigenvalue weighted by molar-refractivity contribution is -0.137. The van der Waals surface area contributed by atoms with Crippen molar-refractivity contribution in [1.29, 1.82) is 0 Å². The van der Waals surface area contributed by atoms with Gasteiger partial charge in [0.1, 0.15) is 6.61 Å². The van der Waals surface area contributed by atoms with Crippen LogP contribution in [0.3, 0.4) is 0 Å². The fraction of sp³-hybridized carbons (Fsp3) is 0.500. The highest BCUT2D eigenvalue weighted by atomic mass is 19.4. The number of alkyl halides is 3. The number of hydrogen-bond acceptors (Lipinski definition) is 4. The third-order valence-corrected chi connectivity index (χ3v) is 7.25. The monoisotopic (exact) mass is 501 g/mol. The van der Waals surface area contributed by atoms with E-state index in [1.807, 2.05) is 35.2 Å². The number of nitrogens with zero attached hydrogens (tertiary/aromatic N) is 3. The van der Waals surface area contributed by atoms with Crippen molar-refractivity contribution in [3.05, 3.63) is 65.7 Å². The van der Waals surface area contributed by atoms with E-state index in [4.69, 9.17) is 4.74 Å². The SMILES string of the molecule is O=C(N=CC1CCC(CCN2CCN(c3cccc(C(F)(F)F)c3)CC2)CC1)OCc1ccccc1. The molecule has 2 fully saturated rings. The topological polar surface area (TPSA) is 45.1 Å². The van der Waals surface area contributed by atoms with Gasteiger partial charge in [-0.3, -0.25) is 4.90 Å². The Morgan fingerprint density at radius 1 is 0.972 bits per heavy atom. The number of ether oxygens (including phenoxy) is 1. The van der Waals surface area contributed by atoms with Crippen molar-refractivity contribution in [1.82, 2.24) is 4.90 Å². The molecule has 1 saturated heterocycles. The van der Waals surface area contributed by atoms with E-state index in [0.717, 1.165) is 76.5 Å². The molecule has 2 aliphatic rings. The summed E-state index contributed by atoms with van der Waals surface area (Å²) < 4.78 is 44.2. The zero-order valence-electron chi connectivity index (χ0n) is 20.5. The molecule has 4 rings (SSSR count). The summed E-state index contributed by atoms with van der Waals surface area (Å²) in [6.07, 6.45) is 2.36. The van der Waals surface area contributed by atoms with E-state index in [1.165, 1.54) is 12.1 Å². The number of carbonyl (C=O) groups excluding carboxylic acids is 1. The number of piperazine rings is 1. The average Bonchev–Trinajstić information content (AvgIpc) is 2.90. The van der Waals surface area contributed by atoms with Gasteiger partial charge in [-0.05, 0) is 74.2 Å². The number of carbonyl (C=O) groups is 1. The summed E-state index contributed by atoms with van der Waals surface area (Å²) in [4.78, 5) is 20.4. The zero-order valence-corrected chi connectivity index (χ0v) is 20.5. The van der Waals surface area contributed by atoms with Gasteiger partial charge < -0.3 is 9.64 Å². The summed E-state index contributed by atoms with van der Waals surface area (Å²) in [5.41, 5.74) is 0.999. The van der Waals surface area contributed by atoms with Gasteiger partial charge in [0, 0.05) is 38.1 Å². The van der Waals surface area contributed by atoms with Gasteiger partial charge in [-0.15, -0.1) is 0 Å². The third-order valence-electron chi connectivity index (χ3n) is 7.25. The number of hydrogen-bond donors (Lipinski definition) is 0. The molecule has 0 spiro atoms. The van der Waals surface area contributed by atoms with Crippen LogP contribution < -0.4 is 4.90 Å². The van der Waals surface area contributed by atoms with E-state index in [0.29, 0.717) is 17.5 Å². The smallest absolute Gasteiger partial charge is 0.433 e. The Hall–Kier alpha value is -2.87. The lowest BCUT2D eigenvalue weighted by Crippen LogP contribution is -2.47. The minimum atomic E-state index is -4.31. The van der Waals surface area contributed by atoms with E-state index >= 15 is 0 Å². The summed E-state index contributed by atoms with van der Waals surface area (Å²) >= 11 is 0. The Morgan fingerprint density at radius 3 is 2.39 bits per heavy atom. The van der Waals surface area contributed by atoms with E-state index < -0.39 is 17.8 Å². The number of aliphatic imine (C=N–C) groups is 1. The summed E-state index contributed by atoms with van der Waals surface area (Å²) in [7, 11) is 0. The molecule has 36 heavy (non-hydrogen) atoms. The highest BCUT2D eigenvalue weighted by Gasteiger charge is 2.31. The highest BCUT2D eigenvalue weighted by molar-refractivity contribution is 5.80. The van der Waals surface area contributed by atoms with Gasteiger partial charge in [0.2, 0.25) is 0 Å². The van der Waals surface area contributed by atoms with Gasteiger partial charge in [0.05, 0.1) is 5.56 Å². The molecule has 1 aliphatic carbocycles. The molecule has 0 bridgehead atoms. The fourth-order valence-corrected chi connectivity index (χ4v) is 5.02. The first-order chi connectivity index (χ1) is 17.4. The van der Waals surface area contributed by atoms with Crippen LogP contribution in [0.5, 0.6) is 0 Å². The Labute approximate surface area is 211 Å². The van der Waals surface area contributed by atoms with E-state index in [-0.39, 0.29) is 6.61 Å². The third kappa shape index (κ3) is 7.82. The van der Waals surface area contributed by atoms with Crippen molar-refractivity contribution in [3.63, 3.8) is 0 Å². The van der Waals surface area contributed by atoms with Crippen LogP contribution in [0.4, 0.5) is 23.7 Å². The van der Waals surface area contributed by atoms with Gasteiger partial charge >= 0.3 is 12.3 Å². The normalized spacial score (nSPS) is 21.6. The van der Waals surface area contributed by atoms with Gasteiger partial charge in [-0.25, -0.2) is 4.79 Å². The molecule has 0 unspecified atom stereocenters. The van der Waals surface area contributed by atoms with Crippen LogP contribution in [-0.2, 0) is 17.5 Å². The van der Waals surface area contributed by atoms with Crippen molar-refractivity contribution in [3.8, 4) is 0 Å². The molecule has 194 valence electrons. The number of benzene rings is 2. The summed E-state index contributed by atoms with van der Waals surface area (Å²) in [5, 5.41) is 0. The van der Waals surface area contributed by atoms with Crippen LogP contribution in [0.1, 0.15) is 43.2 Å². The van der Waals surface area contributed by atoms with Crippen LogP contribution >= 0.6 is 0 Å². The van der Waals surface area contributed by atoms with Crippen molar-refractivity contribution in [2.45, 2.75) is 44.9 Å². The van der Waals surface area contributed by atoms with Crippen LogP contribution in [0, 0.1) is 11.8 Å². The van der Waals surface area contributed by atoms with Crippen LogP contribution in [0.2, 0.25) is 0 Å². The average molecular weight is 502 g/mol. The van der Waals surface area contributed by atoms with E-state index in [9.17, 15) is 18.0 Å². The van der Waals surface area contributed by atoms with Gasteiger partial charge in [-0.2, -0.15) is 18.2 Å². The molecule has 0 aromatic heterocycles. The highest BCUT2D eigenvalue weighted by Crippen LogP contribution is 2.32. The molecule has 0 atom stereocenters. The molecule has 5 nitrogen and oxygen atoms in total. The van der Waals surface area contributed by atoms with Gasteiger partial charge in [-0.1, -0.05) is 36.4 Å². The molecule has 1 aliphatic heterocycles. The number of rotatable bonds is 7. The van der Waals surface area contributed by atoms with Crippen molar-refractivity contribution in [2.24, 2.45) is 16.8 Å². The summed E-state index contributed by atoms with van der Waals surface area (Å²) in [6, 6.07) is 15.2. The fourth-order valence-electron chi connectivity index (χ4n) is 5.02. The minimum Gasteiger partial charge on any atom is -0.443 e. The van der Waals surface area contributed by atoms with Crippen LogP contribution in [-0.4, -0.2) is 49.9 Å². The lowest BCUT2D eigenvalue weighted by atomic mass is 9.81. The molecular formula is C28H34F3N3O2. The molecule has 0 radical (unpaired) electrons. The summed E-state index contributed by atoms with van der Waals surface area (Å²) in [5.74, 6) is 0.989. The molecule has 1 saturated carbocycles. The number of anilines is 1. The Kier molecular flexibility index (Phi) is 9.02. The van der Waals surface area contributed by atoms with Crippen molar-refractivity contribution >= 4 is 18.0 Å². The Morgan fingerprint density at radius 2 is 1.69 bits per heavy atom. The Bertz CT molecular complexity index is 997. The quantitative estimate of drug-likeness (QED) is 0.410. The van der Waals surface area contributed by atoms with Crippen LogP contribution in [0.15, 0.2) is 59.6 Å². The lowest BCUT2D eigenvalue weighted by Gasteiger charge is -2.37. The second-order valence-electron chi connectivity index (χ2n) is 9.76. The van der Waals surface area contributed by atoms with E-state index in [1.54, 1.807) is 12.3 Å².